The molecule has 0 spiro atoms. The molecule has 2 rings (SSSR count). The average molecular weight is 393 g/mol. The molecule has 144 valence electrons. The predicted octanol–water partition coefficient (Wildman–Crippen LogP) is 4.00. The Morgan fingerprint density at radius 3 is 2.19 bits per heavy atom. The lowest BCUT2D eigenvalue weighted by molar-refractivity contribution is -0.138. The first-order chi connectivity index (χ1) is 13.1. The van der Waals surface area contributed by atoms with Crippen molar-refractivity contribution in [3.05, 3.63) is 53.1 Å². The summed E-state index contributed by atoms with van der Waals surface area (Å²) in [5.74, 6) is 1.77. The Bertz CT molecular complexity index is 786. The van der Waals surface area contributed by atoms with Crippen molar-refractivity contribution in [3.63, 3.8) is 0 Å². The van der Waals surface area contributed by atoms with Crippen molar-refractivity contribution >= 4 is 23.6 Å². The van der Waals surface area contributed by atoms with E-state index in [1.807, 2.05) is 0 Å². The summed E-state index contributed by atoms with van der Waals surface area (Å²) in [7, 11) is 4.61. The fraction of sp³-hybridized carbons (Fsp3) is 0.250. The van der Waals surface area contributed by atoms with Crippen LogP contribution in [0.25, 0.3) is 6.08 Å². The third-order valence-corrected chi connectivity index (χ3v) is 3.80. The smallest absolute Gasteiger partial charge is 0.330 e. The fourth-order valence-electron chi connectivity index (χ4n) is 2.22. The van der Waals surface area contributed by atoms with Gasteiger partial charge in [-0.2, -0.15) is 0 Å². The summed E-state index contributed by atoms with van der Waals surface area (Å²) in [5, 5.41) is 0.629. The van der Waals surface area contributed by atoms with Crippen molar-refractivity contribution in [1.29, 1.82) is 0 Å². The highest BCUT2D eigenvalue weighted by Gasteiger charge is 2.10. The van der Waals surface area contributed by atoms with Crippen LogP contribution < -0.4 is 18.9 Å². The molecular weight excluding hydrogens is 372 g/mol. The van der Waals surface area contributed by atoms with E-state index in [0.717, 1.165) is 0 Å². The number of ether oxygens (including phenoxy) is 5. The zero-order valence-electron chi connectivity index (χ0n) is 15.4. The SMILES string of the molecule is COc1cc(OC)c(OC)cc1/C=C/C(=O)OCCOc1ccc(Cl)cc1. The van der Waals surface area contributed by atoms with Crippen LogP contribution in [0.5, 0.6) is 23.0 Å². The Hall–Kier alpha value is -2.86. The van der Waals surface area contributed by atoms with E-state index in [1.165, 1.54) is 27.4 Å². The molecule has 0 saturated heterocycles. The summed E-state index contributed by atoms with van der Waals surface area (Å²) < 4.78 is 26.4. The van der Waals surface area contributed by atoms with Gasteiger partial charge in [-0.15, -0.1) is 0 Å². The molecule has 0 N–H and O–H groups in total. The number of hydrogen-bond donors (Lipinski definition) is 0. The first-order valence-electron chi connectivity index (χ1n) is 8.10. The minimum absolute atomic E-state index is 0.120. The summed E-state index contributed by atoms with van der Waals surface area (Å²) in [6.07, 6.45) is 2.90. The monoisotopic (exact) mass is 392 g/mol. The molecule has 0 heterocycles. The number of hydrogen-bond acceptors (Lipinski definition) is 6. The molecule has 0 aromatic heterocycles. The van der Waals surface area contributed by atoms with Crippen LogP contribution in [-0.2, 0) is 9.53 Å². The van der Waals surface area contributed by atoms with E-state index >= 15 is 0 Å². The van der Waals surface area contributed by atoms with Crippen molar-refractivity contribution in [2.45, 2.75) is 0 Å². The number of carbonyl (C=O) groups is 1. The Labute approximate surface area is 163 Å². The molecule has 0 aliphatic rings. The van der Waals surface area contributed by atoms with Gasteiger partial charge >= 0.3 is 5.97 Å². The average Bonchev–Trinajstić information content (AvgIpc) is 2.70. The molecule has 0 aliphatic carbocycles. The van der Waals surface area contributed by atoms with Crippen molar-refractivity contribution in [2.24, 2.45) is 0 Å². The second kappa shape index (κ2) is 10.3. The second-order valence-corrected chi connectivity index (χ2v) is 5.69. The number of methoxy groups -OCH3 is 3. The molecule has 2 aromatic carbocycles. The zero-order valence-corrected chi connectivity index (χ0v) is 16.1. The van der Waals surface area contributed by atoms with E-state index < -0.39 is 5.97 Å². The minimum atomic E-state index is -0.494. The van der Waals surface area contributed by atoms with Crippen molar-refractivity contribution in [3.8, 4) is 23.0 Å². The van der Waals surface area contributed by atoms with Crippen LogP contribution >= 0.6 is 11.6 Å². The standard InChI is InChI=1S/C20H21ClO6/c1-23-17-13-19(25-3)18(24-2)12-14(17)4-9-20(22)27-11-10-26-16-7-5-15(21)6-8-16/h4-9,12-13H,10-11H2,1-3H3/b9-4+. The zero-order chi connectivity index (χ0) is 19.6. The predicted molar refractivity (Wildman–Crippen MR) is 103 cm³/mol. The highest BCUT2D eigenvalue weighted by molar-refractivity contribution is 6.30. The molecule has 0 radical (unpaired) electrons. The lowest BCUT2D eigenvalue weighted by Crippen LogP contribution is -2.10. The Kier molecular flexibility index (Phi) is 7.82. The molecular formula is C20H21ClO6. The Balaban J connectivity index is 1.89. The summed E-state index contributed by atoms with van der Waals surface area (Å²) in [5.41, 5.74) is 0.657. The first kappa shape index (κ1) is 20.5. The van der Waals surface area contributed by atoms with Crippen molar-refractivity contribution in [1.82, 2.24) is 0 Å². The van der Waals surface area contributed by atoms with Crippen LogP contribution in [0.15, 0.2) is 42.5 Å². The molecule has 6 nitrogen and oxygen atoms in total. The van der Waals surface area contributed by atoms with Gasteiger partial charge in [-0.1, -0.05) is 11.6 Å². The highest BCUT2D eigenvalue weighted by Crippen LogP contribution is 2.35. The molecule has 0 fully saturated rings. The van der Waals surface area contributed by atoms with Gasteiger partial charge in [0.2, 0.25) is 0 Å². The van der Waals surface area contributed by atoms with E-state index in [-0.39, 0.29) is 13.2 Å². The Morgan fingerprint density at radius 2 is 1.56 bits per heavy atom. The molecule has 2 aromatic rings. The number of halogens is 1. The summed E-state index contributed by atoms with van der Waals surface area (Å²) in [4.78, 5) is 11.9. The minimum Gasteiger partial charge on any atom is -0.496 e. The van der Waals surface area contributed by atoms with Gasteiger partial charge in [0.05, 0.1) is 21.3 Å². The lowest BCUT2D eigenvalue weighted by atomic mass is 10.1. The number of esters is 1. The van der Waals surface area contributed by atoms with E-state index in [0.29, 0.717) is 33.6 Å². The van der Waals surface area contributed by atoms with Gasteiger partial charge in [0.15, 0.2) is 11.5 Å². The molecule has 27 heavy (non-hydrogen) atoms. The maximum Gasteiger partial charge on any atom is 0.330 e. The third-order valence-electron chi connectivity index (χ3n) is 3.54. The van der Waals surface area contributed by atoms with Crippen LogP contribution in [0.1, 0.15) is 5.56 Å². The third kappa shape index (κ3) is 6.11. The van der Waals surface area contributed by atoms with Crippen molar-refractivity contribution in [2.75, 3.05) is 34.5 Å². The fourth-order valence-corrected chi connectivity index (χ4v) is 2.35. The van der Waals surface area contributed by atoms with Crippen LogP contribution in [0.2, 0.25) is 5.02 Å². The van der Waals surface area contributed by atoms with Crippen molar-refractivity contribution < 1.29 is 28.5 Å². The van der Waals surface area contributed by atoms with Gasteiger partial charge in [-0.05, 0) is 36.4 Å². The molecule has 0 saturated carbocycles. The maximum atomic E-state index is 11.9. The molecule has 0 unspecified atom stereocenters. The first-order valence-corrected chi connectivity index (χ1v) is 8.48. The van der Waals surface area contributed by atoms with Gasteiger partial charge in [0.1, 0.15) is 24.7 Å². The van der Waals surface area contributed by atoms with E-state index in [1.54, 1.807) is 42.5 Å². The largest absolute Gasteiger partial charge is 0.496 e. The molecule has 0 bridgehead atoms. The van der Waals surface area contributed by atoms with E-state index in [9.17, 15) is 4.79 Å². The summed E-state index contributed by atoms with van der Waals surface area (Å²) in [6.45, 7) is 0.357. The summed E-state index contributed by atoms with van der Waals surface area (Å²) >= 11 is 5.80. The van der Waals surface area contributed by atoms with Gasteiger partial charge < -0.3 is 23.7 Å². The van der Waals surface area contributed by atoms with Crippen LogP contribution in [-0.4, -0.2) is 40.5 Å². The number of benzene rings is 2. The van der Waals surface area contributed by atoms with Gasteiger partial charge in [0.25, 0.3) is 0 Å². The lowest BCUT2D eigenvalue weighted by Gasteiger charge is -2.12. The second-order valence-electron chi connectivity index (χ2n) is 5.25. The number of carbonyl (C=O) groups excluding carboxylic acids is 1. The molecule has 0 atom stereocenters. The van der Waals surface area contributed by atoms with Crippen LogP contribution in [0.3, 0.4) is 0 Å². The Morgan fingerprint density at radius 1 is 0.926 bits per heavy atom. The molecule has 0 amide bonds. The highest BCUT2D eigenvalue weighted by atomic mass is 35.5. The summed E-state index contributed by atoms with van der Waals surface area (Å²) in [6, 6.07) is 10.3. The molecule has 7 heteroatoms. The van der Waals surface area contributed by atoms with E-state index in [2.05, 4.69) is 0 Å². The van der Waals surface area contributed by atoms with Gasteiger partial charge in [0, 0.05) is 22.7 Å². The topological polar surface area (TPSA) is 63.2 Å². The maximum absolute atomic E-state index is 11.9. The quantitative estimate of drug-likeness (QED) is 0.365. The van der Waals surface area contributed by atoms with Crippen LogP contribution in [0.4, 0.5) is 0 Å². The van der Waals surface area contributed by atoms with Crippen LogP contribution in [0, 0.1) is 0 Å². The van der Waals surface area contributed by atoms with Gasteiger partial charge in [-0.3, -0.25) is 0 Å². The van der Waals surface area contributed by atoms with E-state index in [4.69, 9.17) is 35.3 Å². The molecule has 0 aliphatic heterocycles. The number of rotatable bonds is 9. The normalized spacial score (nSPS) is 10.5. The van der Waals surface area contributed by atoms with Gasteiger partial charge in [-0.25, -0.2) is 4.79 Å².